The Kier molecular flexibility index (Phi) is 1.14. The minimum Gasteiger partial charge on any atom is -0.0880 e. The Morgan fingerprint density at radius 3 is 2.67 bits per heavy atom. The quantitative estimate of drug-likeness (QED) is 0.433. The third-order valence-electron chi connectivity index (χ3n) is 3.03. The van der Waals surface area contributed by atoms with Gasteiger partial charge in [-0.05, 0) is 37.0 Å². The Balaban J connectivity index is 2.11. The molecule has 0 spiro atoms. The Labute approximate surface area is 57.0 Å². The van der Waals surface area contributed by atoms with E-state index < -0.39 is 0 Å². The first-order valence-electron chi connectivity index (χ1n) is 4.04. The minimum atomic E-state index is 0.887. The fraction of sp³-hybridized carbons (Fsp3) is 0.778. The van der Waals surface area contributed by atoms with Gasteiger partial charge in [0.1, 0.15) is 0 Å². The largest absolute Gasteiger partial charge is 0.0880 e. The molecule has 0 radical (unpaired) electrons. The second-order valence-corrected chi connectivity index (χ2v) is 3.52. The maximum atomic E-state index is 2.39. The maximum absolute atomic E-state index is 2.39. The third-order valence-corrected chi connectivity index (χ3v) is 3.03. The van der Waals surface area contributed by atoms with Crippen LogP contribution < -0.4 is 0 Å². The SMILES string of the molecule is CC1C=CCC2CCC12. The smallest absolute Gasteiger partial charge is 0.0231 e. The van der Waals surface area contributed by atoms with E-state index in [1.807, 2.05) is 0 Å². The van der Waals surface area contributed by atoms with E-state index in [2.05, 4.69) is 19.1 Å². The van der Waals surface area contributed by atoms with Crippen LogP contribution in [0, 0.1) is 17.8 Å². The van der Waals surface area contributed by atoms with Crippen LogP contribution in [0.5, 0.6) is 0 Å². The molecule has 0 heteroatoms. The zero-order chi connectivity index (χ0) is 6.27. The summed E-state index contributed by atoms with van der Waals surface area (Å²) < 4.78 is 0. The lowest BCUT2D eigenvalue weighted by Gasteiger charge is -2.42. The minimum absolute atomic E-state index is 0.887. The number of fused-ring (bicyclic) bond motifs is 1. The highest BCUT2D eigenvalue weighted by atomic mass is 14.4. The molecule has 1 fully saturated rings. The molecular formula is C9H14. The van der Waals surface area contributed by atoms with Crippen molar-refractivity contribution in [1.29, 1.82) is 0 Å². The molecule has 2 rings (SSSR count). The van der Waals surface area contributed by atoms with Crippen molar-refractivity contribution in [2.45, 2.75) is 26.2 Å². The summed E-state index contributed by atoms with van der Waals surface area (Å²) in [4.78, 5) is 0. The number of hydrogen-bond acceptors (Lipinski definition) is 0. The summed E-state index contributed by atoms with van der Waals surface area (Å²) in [6.45, 7) is 2.35. The molecule has 9 heavy (non-hydrogen) atoms. The lowest BCUT2D eigenvalue weighted by molar-refractivity contribution is 0.127. The molecule has 0 aliphatic heterocycles. The van der Waals surface area contributed by atoms with Crippen LogP contribution >= 0.6 is 0 Å². The van der Waals surface area contributed by atoms with Gasteiger partial charge in [0, 0.05) is 0 Å². The summed E-state index contributed by atoms with van der Waals surface area (Å²) >= 11 is 0. The zero-order valence-corrected chi connectivity index (χ0v) is 6.01. The molecule has 0 aromatic carbocycles. The first-order valence-corrected chi connectivity index (χ1v) is 4.04. The molecular weight excluding hydrogens is 108 g/mol. The van der Waals surface area contributed by atoms with Crippen molar-refractivity contribution in [3.63, 3.8) is 0 Å². The molecule has 3 unspecified atom stereocenters. The number of allylic oxidation sites excluding steroid dienone is 2. The summed E-state index contributed by atoms with van der Waals surface area (Å²) in [5.41, 5.74) is 0. The summed E-state index contributed by atoms with van der Waals surface area (Å²) in [6, 6.07) is 0. The third kappa shape index (κ3) is 0.726. The Hall–Kier alpha value is -0.260. The lowest BCUT2D eigenvalue weighted by atomic mass is 9.64. The van der Waals surface area contributed by atoms with Crippen molar-refractivity contribution in [3.05, 3.63) is 12.2 Å². The normalized spacial score (nSPS) is 47.9. The van der Waals surface area contributed by atoms with E-state index in [0.29, 0.717) is 0 Å². The highest BCUT2D eigenvalue weighted by molar-refractivity contribution is 5.02. The van der Waals surface area contributed by atoms with E-state index >= 15 is 0 Å². The predicted octanol–water partition coefficient (Wildman–Crippen LogP) is 2.61. The molecule has 0 N–H and O–H groups in total. The fourth-order valence-corrected chi connectivity index (χ4v) is 2.19. The highest BCUT2D eigenvalue weighted by Crippen LogP contribution is 2.44. The van der Waals surface area contributed by atoms with Crippen LogP contribution in [0.2, 0.25) is 0 Å². The summed E-state index contributed by atoms with van der Waals surface area (Å²) in [5.74, 6) is 3.03. The van der Waals surface area contributed by atoms with Crippen LogP contribution in [-0.4, -0.2) is 0 Å². The molecule has 0 nitrogen and oxygen atoms in total. The summed E-state index contributed by atoms with van der Waals surface area (Å²) in [7, 11) is 0. The van der Waals surface area contributed by atoms with E-state index in [4.69, 9.17) is 0 Å². The molecule has 0 aromatic heterocycles. The van der Waals surface area contributed by atoms with Crippen molar-refractivity contribution < 1.29 is 0 Å². The Morgan fingerprint density at radius 1 is 1.33 bits per heavy atom. The van der Waals surface area contributed by atoms with Gasteiger partial charge in [-0.1, -0.05) is 19.1 Å². The standard InChI is InChI=1S/C9H14/c1-7-3-2-4-8-5-6-9(7)8/h2-3,7-9H,4-6H2,1H3. The lowest BCUT2D eigenvalue weighted by Crippen LogP contribution is -2.32. The van der Waals surface area contributed by atoms with E-state index in [1.165, 1.54) is 19.3 Å². The maximum Gasteiger partial charge on any atom is -0.0231 e. The first-order chi connectivity index (χ1) is 4.38. The van der Waals surface area contributed by atoms with Crippen molar-refractivity contribution in [1.82, 2.24) is 0 Å². The van der Waals surface area contributed by atoms with Crippen molar-refractivity contribution in [2.75, 3.05) is 0 Å². The molecule has 0 amide bonds. The van der Waals surface area contributed by atoms with Crippen LogP contribution in [0.3, 0.4) is 0 Å². The van der Waals surface area contributed by atoms with Crippen LogP contribution in [0.25, 0.3) is 0 Å². The molecule has 0 saturated heterocycles. The Morgan fingerprint density at radius 2 is 2.22 bits per heavy atom. The van der Waals surface area contributed by atoms with Crippen LogP contribution in [0.1, 0.15) is 26.2 Å². The van der Waals surface area contributed by atoms with E-state index in [1.54, 1.807) is 0 Å². The van der Waals surface area contributed by atoms with Crippen LogP contribution in [-0.2, 0) is 0 Å². The topological polar surface area (TPSA) is 0 Å². The summed E-state index contributed by atoms with van der Waals surface area (Å²) in [5, 5.41) is 0. The second kappa shape index (κ2) is 1.86. The van der Waals surface area contributed by atoms with Crippen molar-refractivity contribution in [2.24, 2.45) is 17.8 Å². The Bertz CT molecular complexity index is 135. The predicted molar refractivity (Wildman–Crippen MR) is 39.1 cm³/mol. The van der Waals surface area contributed by atoms with Gasteiger partial charge in [-0.2, -0.15) is 0 Å². The van der Waals surface area contributed by atoms with E-state index in [-0.39, 0.29) is 0 Å². The highest BCUT2D eigenvalue weighted by Gasteiger charge is 2.34. The van der Waals surface area contributed by atoms with E-state index in [0.717, 1.165) is 17.8 Å². The van der Waals surface area contributed by atoms with Crippen LogP contribution in [0.4, 0.5) is 0 Å². The molecule has 1 saturated carbocycles. The number of rotatable bonds is 0. The van der Waals surface area contributed by atoms with Gasteiger partial charge in [0.2, 0.25) is 0 Å². The van der Waals surface area contributed by atoms with Crippen molar-refractivity contribution in [3.8, 4) is 0 Å². The number of hydrogen-bond donors (Lipinski definition) is 0. The van der Waals surface area contributed by atoms with Crippen molar-refractivity contribution >= 4 is 0 Å². The van der Waals surface area contributed by atoms with Gasteiger partial charge < -0.3 is 0 Å². The summed E-state index contributed by atoms with van der Waals surface area (Å²) in [6.07, 6.45) is 9.12. The monoisotopic (exact) mass is 122 g/mol. The molecule has 2 aliphatic carbocycles. The van der Waals surface area contributed by atoms with Gasteiger partial charge in [0.05, 0.1) is 0 Å². The molecule has 50 valence electrons. The van der Waals surface area contributed by atoms with Gasteiger partial charge in [0.25, 0.3) is 0 Å². The van der Waals surface area contributed by atoms with Gasteiger partial charge in [-0.25, -0.2) is 0 Å². The van der Waals surface area contributed by atoms with Gasteiger partial charge in [0.15, 0.2) is 0 Å². The van der Waals surface area contributed by atoms with Gasteiger partial charge >= 0.3 is 0 Å². The zero-order valence-electron chi connectivity index (χ0n) is 6.01. The van der Waals surface area contributed by atoms with Gasteiger partial charge in [-0.3, -0.25) is 0 Å². The molecule has 0 heterocycles. The fourth-order valence-electron chi connectivity index (χ4n) is 2.19. The van der Waals surface area contributed by atoms with Crippen LogP contribution in [0.15, 0.2) is 12.2 Å². The first kappa shape index (κ1) is 5.52. The average molecular weight is 122 g/mol. The second-order valence-electron chi connectivity index (χ2n) is 3.52. The molecule has 2 aliphatic rings. The van der Waals surface area contributed by atoms with E-state index in [9.17, 15) is 0 Å². The molecule has 3 atom stereocenters. The molecule has 0 bridgehead atoms. The average Bonchev–Trinajstić information content (AvgIpc) is 1.74. The van der Waals surface area contributed by atoms with Gasteiger partial charge in [-0.15, -0.1) is 0 Å². The molecule has 0 aromatic rings.